The summed E-state index contributed by atoms with van der Waals surface area (Å²) in [6.07, 6.45) is 1.75. The summed E-state index contributed by atoms with van der Waals surface area (Å²) >= 11 is 5.98. The molecule has 0 spiro atoms. The smallest absolute Gasteiger partial charge is 0.363 e. The number of benzene rings is 3. The minimum Gasteiger partial charge on any atom is -0.402 e. The lowest BCUT2D eigenvalue weighted by Gasteiger charge is -2.01. The molecule has 0 radical (unpaired) electrons. The fraction of sp³-hybridized carbons (Fsp3) is 0. The molecule has 4 heteroatoms. The second kappa shape index (κ2) is 5.95. The van der Waals surface area contributed by atoms with Crippen LogP contribution in [0.2, 0.25) is 5.02 Å². The van der Waals surface area contributed by atoms with Gasteiger partial charge >= 0.3 is 5.97 Å². The van der Waals surface area contributed by atoms with Crippen molar-refractivity contribution in [3.05, 3.63) is 88.6 Å². The SMILES string of the molecule is O=C1OC(c2cccc(Cl)c2)=N/C1=C\c1cccc2ccccc12. The van der Waals surface area contributed by atoms with Crippen LogP contribution in [-0.4, -0.2) is 11.9 Å². The van der Waals surface area contributed by atoms with E-state index in [4.69, 9.17) is 16.3 Å². The van der Waals surface area contributed by atoms with E-state index in [0.717, 1.165) is 16.3 Å². The number of carbonyl (C=O) groups is 1. The van der Waals surface area contributed by atoms with Gasteiger partial charge in [-0.1, -0.05) is 60.1 Å². The second-order valence-electron chi connectivity index (χ2n) is 5.41. The van der Waals surface area contributed by atoms with Gasteiger partial charge in [-0.3, -0.25) is 0 Å². The van der Waals surface area contributed by atoms with E-state index in [1.165, 1.54) is 0 Å². The third-order valence-electron chi connectivity index (χ3n) is 3.81. The summed E-state index contributed by atoms with van der Waals surface area (Å²) in [6.45, 7) is 0. The van der Waals surface area contributed by atoms with E-state index < -0.39 is 5.97 Å². The molecule has 1 heterocycles. The summed E-state index contributed by atoms with van der Waals surface area (Å²) < 4.78 is 5.28. The van der Waals surface area contributed by atoms with Gasteiger partial charge in [0.2, 0.25) is 5.90 Å². The number of carbonyl (C=O) groups excluding carboxylic acids is 1. The number of aliphatic imine (C=N–C) groups is 1. The van der Waals surface area contributed by atoms with Crippen LogP contribution in [0.3, 0.4) is 0 Å². The highest BCUT2D eigenvalue weighted by atomic mass is 35.5. The molecule has 24 heavy (non-hydrogen) atoms. The third-order valence-corrected chi connectivity index (χ3v) is 4.04. The summed E-state index contributed by atoms with van der Waals surface area (Å²) in [5.74, 6) is -0.188. The number of halogens is 1. The molecular formula is C20H12ClNO2. The molecule has 0 N–H and O–H groups in total. The predicted octanol–water partition coefficient (Wildman–Crippen LogP) is 4.84. The average molecular weight is 334 g/mol. The first kappa shape index (κ1) is 14.7. The van der Waals surface area contributed by atoms with Gasteiger partial charge in [0.1, 0.15) is 0 Å². The fourth-order valence-electron chi connectivity index (χ4n) is 2.68. The summed E-state index contributed by atoms with van der Waals surface area (Å²) in [5, 5.41) is 2.74. The second-order valence-corrected chi connectivity index (χ2v) is 5.85. The maximum atomic E-state index is 12.1. The van der Waals surface area contributed by atoms with E-state index in [-0.39, 0.29) is 11.6 Å². The highest BCUT2D eigenvalue weighted by Gasteiger charge is 2.24. The molecule has 0 atom stereocenters. The molecule has 0 fully saturated rings. The lowest BCUT2D eigenvalue weighted by Crippen LogP contribution is -2.05. The molecule has 0 amide bonds. The van der Waals surface area contributed by atoms with Crippen LogP contribution >= 0.6 is 11.6 Å². The zero-order valence-corrected chi connectivity index (χ0v) is 13.3. The van der Waals surface area contributed by atoms with Gasteiger partial charge in [-0.05, 0) is 40.6 Å². The van der Waals surface area contributed by atoms with Crippen LogP contribution in [0.15, 0.2) is 77.4 Å². The average Bonchev–Trinajstić information content (AvgIpc) is 2.96. The van der Waals surface area contributed by atoms with Crippen molar-refractivity contribution in [1.82, 2.24) is 0 Å². The molecule has 0 aliphatic carbocycles. The van der Waals surface area contributed by atoms with E-state index in [1.54, 1.807) is 30.3 Å². The number of rotatable bonds is 2. The van der Waals surface area contributed by atoms with Crippen molar-refractivity contribution in [3.63, 3.8) is 0 Å². The first-order chi connectivity index (χ1) is 11.7. The molecule has 3 nitrogen and oxygen atoms in total. The zero-order chi connectivity index (χ0) is 16.5. The molecule has 0 saturated carbocycles. The van der Waals surface area contributed by atoms with Gasteiger partial charge < -0.3 is 4.74 Å². The molecular weight excluding hydrogens is 322 g/mol. The van der Waals surface area contributed by atoms with Crippen molar-refractivity contribution in [2.75, 3.05) is 0 Å². The van der Waals surface area contributed by atoms with Gasteiger partial charge in [0.15, 0.2) is 5.70 Å². The number of hydrogen-bond acceptors (Lipinski definition) is 3. The zero-order valence-electron chi connectivity index (χ0n) is 12.6. The van der Waals surface area contributed by atoms with Crippen LogP contribution in [0.5, 0.6) is 0 Å². The van der Waals surface area contributed by atoms with Crippen molar-refractivity contribution in [1.29, 1.82) is 0 Å². The Kier molecular flexibility index (Phi) is 3.63. The Bertz CT molecular complexity index is 1020. The van der Waals surface area contributed by atoms with Crippen LogP contribution in [0.1, 0.15) is 11.1 Å². The van der Waals surface area contributed by atoms with Crippen LogP contribution in [-0.2, 0) is 9.53 Å². The molecule has 116 valence electrons. The highest BCUT2D eigenvalue weighted by Crippen LogP contribution is 2.24. The van der Waals surface area contributed by atoms with Crippen molar-refractivity contribution in [3.8, 4) is 0 Å². The Morgan fingerprint density at radius 1 is 0.958 bits per heavy atom. The Balaban J connectivity index is 1.78. The van der Waals surface area contributed by atoms with E-state index in [2.05, 4.69) is 4.99 Å². The van der Waals surface area contributed by atoms with Crippen LogP contribution in [0.4, 0.5) is 0 Å². The monoisotopic (exact) mass is 333 g/mol. The minimum atomic E-state index is -0.460. The van der Waals surface area contributed by atoms with Crippen LogP contribution in [0, 0.1) is 0 Å². The quantitative estimate of drug-likeness (QED) is 0.497. The molecule has 4 rings (SSSR count). The Labute approximate surface area is 143 Å². The lowest BCUT2D eigenvalue weighted by atomic mass is 10.0. The van der Waals surface area contributed by atoms with Gasteiger partial charge in [0, 0.05) is 10.6 Å². The van der Waals surface area contributed by atoms with Gasteiger partial charge in [-0.25, -0.2) is 9.79 Å². The molecule has 0 aromatic heterocycles. The topological polar surface area (TPSA) is 38.7 Å². The highest BCUT2D eigenvalue weighted by molar-refractivity contribution is 6.31. The Morgan fingerprint density at radius 2 is 1.75 bits per heavy atom. The summed E-state index contributed by atoms with van der Waals surface area (Å²) in [7, 11) is 0. The van der Waals surface area contributed by atoms with E-state index in [1.807, 2.05) is 42.5 Å². The van der Waals surface area contributed by atoms with Crippen LogP contribution in [0.25, 0.3) is 16.8 Å². The van der Waals surface area contributed by atoms with Gasteiger partial charge in [0.25, 0.3) is 0 Å². The Morgan fingerprint density at radius 3 is 2.62 bits per heavy atom. The number of esters is 1. The lowest BCUT2D eigenvalue weighted by molar-refractivity contribution is -0.129. The number of hydrogen-bond donors (Lipinski definition) is 0. The van der Waals surface area contributed by atoms with Crippen LogP contribution < -0.4 is 0 Å². The van der Waals surface area contributed by atoms with Crippen molar-refractivity contribution >= 4 is 40.3 Å². The number of fused-ring (bicyclic) bond motifs is 1. The molecule has 0 bridgehead atoms. The summed E-state index contributed by atoms with van der Waals surface area (Å²) in [6, 6.07) is 21.0. The van der Waals surface area contributed by atoms with Crippen molar-refractivity contribution < 1.29 is 9.53 Å². The minimum absolute atomic E-state index is 0.272. The normalized spacial score (nSPS) is 15.6. The summed E-state index contributed by atoms with van der Waals surface area (Å²) in [4.78, 5) is 16.5. The number of cyclic esters (lactones) is 1. The van der Waals surface area contributed by atoms with Crippen molar-refractivity contribution in [2.45, 2.75) is 0 Å². The fourth-order valence-corrected chi connectivity index (χ4v) is 2.87. The molecule has 0 saturated heterocycles. The third kappa shape index (κ3) is 2.70. The largest absolute Gasteiger partial charge is 0.402 e. The maximum Gasteiger partial charge on any atom is 0.363 e. The molecule has 1 aliphatic rings. The molecule has 1 aliphatic heterocycles. The predicted molar refractivity (Wildman–Crippen MR) is 96.0 cm³/mol. The maximum absolute atomic E-state index is 12.1. The van der Waals surface area contributed by atoms with Gasteiger partial charge in [-0.2, -0.15) is 0 Å². The Hall–Kier alpha value is -2.91. The molecule has 3 aromatic carbocycles. The van der Waals surface area contributed by atoms with Gasteiger partial charge in [-0.15, -0.1) is 0 Å². The van der Waals surface area contributed by atoms with Gasteiger partial charge in [0.05, 0.1) is 0 Å². The standard InChI is InChI=1S/C20H12ClNO2/c21-16-9-4-8-15(11-16)19-22-18(20(23)24-19)12-14-7-3-6-13-5-1-2-10-17(13)14/h1-12H/b18-12-. The molecule has 3 aromatic rings. The van der Waals surface area contributed by atoms with E-state index in [9.17, 15) is 4.79 Å². The van der Waals surface area contributed by atoms with Crippen molar-refractivity contribution in [2.24, 2.45) is 4.99 Å². The number of ether oxygens (including phenoxy) is 1. The first-order valence-electron chi connectivity index (χ1n) is 7.47. The first-order valence-corrected chi connectivity index (χ1v) is 7.85. The molecule has 0 unspecified atom stereocenters. The number of nitrogens with zero attached hydrogens (tertiary/aromatic N) is 1. The van der Waals surface area contributed by atoms with E-state index in [0.29, 0.717) is 10.6 Å². The summed E-state index contributed by atoms with van der Waals surface area (Å²) in [5.41, 5.74) is 1.88. The van der Waals surface area contributed by atoms with E-state index >= 15 is 0 Å².